The van der Waals surface area contributed by atoms with Crippen LogP contribution in [0.15, 0.2) is 35.3 Å². The van der Waals surface area contributed by atoms with E-state index in [1.165, 1.54) is 0 Å². The molecule has 5 heterocycles. The lowest BCUT2D eigenvalue weighted by Crippen LogP contribution is -2.51. The Morgan fingerprint density at radius 1 is 1.23 bits per heavy atom. The van der Waals surface area contributed by atoms with Crippen LogP contribution in [0, 0.1) is 12.8 Å². The molecule has 1 amide bonds. The molecule has 0 saturated carbocycles. The van der Waals surface area contributed by atoms with Crippen molar-refractivity contribution in [2.24, 2.45) is 13.0 Å². The number of fused-ring (bicyclic) bond motifs is 5. The zero-order valence-corrected chi connectivity index (χ0v) is 17.7. The van der Waals surface area contributed by atoms with Crippen LogP contribution in [0.3, 0.4) is 0 Å². The number of hydrogen-bond acceptors (Lipinski definition) is 4. The molecular weight excluding hydrogens is 378 g/mol. The SMILES string of the molecule is CCC[C@H]1[C@H]2C[C@H](CN(C(=O)c3ccnc4c3nc(C)n4C)C2)c2cccc(=O)n21. The van der Waals surface area contributed by atoms with Crippen molar-refractivity contribution in [1.82, 2.24) is 24.0 Å². The van der Waals surface area contributed by atoms with Gasteiger partial charge in [-0.3, -0.25) is 9.59 Å². The number of piperidine rings is 1. The number of likely N-dealkylation sites (tertiary alicyclic amines) is 1. The predicted molar refractivity (Wildman–Crippen MR) is 115 cm³/mol. The molecule has 0 radical (unpaired) electrons. The van der Waals surface area contributed by atoms with Gasteiger partial charge in [0.1, 0.15) is 11.3 Å². The van der Waals surface area contributed by atoms with Gasteiger partial charge in [0.05, 0.1) is 5.56 Å². The van der Waals surface area contributed by atoms with Crippen molar-refractivity contribution in [3.8, 4) is 0 Å². The third kappa shape index (κ3) is 2.79. The number of carbonyl (C=O) groups excluding carboxylic acids is 1. The first kappa shape index (κ1) is 19.0. The van der Waals surface area contributed by atoms with E-state index in [9.17, 15) is 9.59 Å². The van der Waals surface area contributed by atoms with E-state index in [-0.39, 0.29) is 23.4 Å². The second kappa shape index (κ2) is 7.07. The number of aryl methyl sites for hydroxylation is 2. The normalized spacial score (nSPS) is 22.9. The van der Waals surface area contributed by atoms with E-state index in [4.69, 9.17) is 0 Å². The second-order valence-electron chi connectivity index (χ2n) is 8.67. The highest BCUT2D eigenvalue weighted by atomic mass is 16.2. The summed E-state index contributed by atoms with van der Waals surface area (Å²) in [4.78, 5) is 37.2. The molecule has 156 valence electrons. The Kier molecular flexibility index (Phi) is 4.49. The molecule has 0 aliphatic carbocycles. The number of carbonyl (C=O) groups is 1. The van der Waals surface area contributed by atoms with E-state index in [2.05, 4.69) is 23.0 Å². The number of rotatable bonds is 3. The average Bonchev–Trinajstić information content (AvgIpc) is 3.04. The second-order valence-corrected chi connectivity index (χ2v) is 8.67. The molecule has 3 atom stereocenters. The Labute approximate surface area is 175 Å². The number of amides is 1. The monoisotopic (exact) mass is 405 g/mol. The highest BCUT2D eigenvalue weighted by Crippen LogP contribution is 2.43. The summed E-state index contributed by atoms with van der Waals surface area (Å²) in [5.41, 5.74) is 3.17. The minimum Gasteiger partial charge on any atom is -0.338 e. The van der Waals surface area contributed by atoms with E-state index >= 15 is 0 Å². The number of nitrogens with zero attached hydrogens (tertiary/aromatic N) is 5. The molecule has 3 aromatic rings. The van der Waals surface area contributed by atoms with E-state index in [1.807, 2.05) is 34.1 Å². The largest absolute Gasteiger partial charge is 0.338 e. The van der Waals surface area contributed by atoms with Crippen LogP contribution in [0.25, 0.3) is 11.2 Å². The first-order valence-corrected chi connectivity index (χ1v) is 10.8. The van der Waals surface area contributed by atoms with Crippen LogP contribution in [0.5, 0.6) is 0 Å². The Hall–Kier alpha value is -2.96. The molecule has 3 aromatic heterocycles. The molecule has 2 aliphatic heterocycles. The van der Waals surface area contributed by atoms with Gasteiger partial charge in [-0.25, -0.2) is 9.97 Å². The summed E-state index contributed by atoms with van der Waals surface area (Å²) in [6, 6.07) is 7.50. The maximum absolute atomic E-state index is 13.6. The number of hydrogen-bond donors (Lipinski definition) is 0. The van der Waals surface area contributed by atoms with Crippen LogP contribution >= 0.6 is 0 Å². The molecule has 0 aromatic carbocycles. The standard InChI is InChI=1S/C23H27N5O2/c1-4-6-18-15-11-16(19-7-5-8-20(29)28(18)19)13-27(12-15)23(30)17-9-10-24-22-21(17)25-14(2)26(22)3/h5,7-10,15-16,18H,4,6,11-13H2,1-3H3/t15-,16+,18-/m0/s1. The molecule has 2 bridgehead atoms. The topological polar surface area (TPSA) is 73.0 Å². The van der Waals surface area contributed by atoms with Crippen LogP contribution in [0.4, 0.5) is 0 Å². The van der Waals surface area contributed by atoms with Crippen LogP contribution in [0.2, 0.25) is 0 Å². The highest BCUT2D eigenvalue weighted by Gasteiger charge is 2.41. The molecule has 0 unspecified atom stereocenters. The summed E-state index contributed by atoms with van der Waals surface area (Å²) in [5, 5.41) is 0. The fraction of sp³-hybridized carbons (Fsp3) is 0.478. The van der Waals surface area contributed by atoms with E-state index in [0.29, 0.717) is 30.1 Å². The average molecular weight is 406 g/mol. The van der Waals surface area contributed by atoms with Crippen LogP contribution in [-0.2, 0) is 7.05 Å². The highest BCUT2D eigenvalue weighted by molar-refractivity contribution is 6.04. The van der Waals surface area contributed by atoms with Gasteiger partial charge in [-0.2, -0.15) is 0 Å². The maximum Gasteiger partial charge on any atom is 0.256 e. The number of imidazole rings is 1. The van der Waals surface area contributed by atoms with Crippen molar-refractivity contribution < 1.29 is 4.79 Å². The third-order valence-electron chi connectivity index (χ3n) is 6.88. The Morgan fingerprint density at radius 2 is 2.07 bits per heavy atom. The van der Waals surface area contributed by atoms with Gasteiger partial charge in [-0.15, -0.1) is 0 Å². The fourth-order valence-electron chi connectivity index (χ4n) is 5.40. The summed E-state index contributed by atoms with van der Waals surface area (Å²) < 4.78 is 3.92. The van der Waals surface area contributed by atoms with Gasteiger partial charge in [0.15, 0.2) is 5.65 Å². The Morgan fingerprint density at radius 3 is 2.87 bits per heavy atom. The summed E-state index contributed by atoms with van der Waals surface area (Å²) >= 11 is 0. The predicted octanol–water partition coefficient (Wildman–Crippen LogP) is 3.04. The molecular formula is C23H27N5O2. The van der Waals surface area contributed by atoms with Gasteiger partial charge in [0.25, 0.3) is 11.5 Å². The molecule has 30 heavy (non-hydrogen) atoms. The fourth-order valence-corrected chi connectivity index (χ4v) is 5.40. The number of pyridine rings is 2. The molecule has 0 N–H and O–H groups in total. The van der Waals surface area contributed by atoms with Crippen molar-refractivity contribution in [2.75, 3.05) is 13.1 Å². The lowest BCUT2D eigenvalue weighted by molar-refractivity contribution is 0.0520. The van der Waals surface area contributed by atoms with Crippen molar-refractivity contribution in [3.63, 3.8) is 0 Å². The van der Waals surface area contributed by atoms with Crippen molar-refractivity contribution in [2.45, 2.75) is 45.1 Å². The zero-order chi connectivity index (χ0) is 21.0. The van der Waals surface area contributed by atoms with Gasteiger partial charge in [0, 0.05) is 50.1 Å². The van der Waals surface area contributed by atoms with Gasteiger partial charge in [0.2, 0.25) is 0 Å². The Bertz CT molecular complexity index is 1190. The first-order chi connectivity index (χ1) is 14.5. The summed E-state index contributed by atoms with van der Waals surface area (Å²) in [6.45, 7) is 5.39. The molecule has 1 saturated heterocycles. The third-order valence-corrected chi connectivity index (χ3v) is 6.88. The van der Waals surface area contributed by atoms with Crippen molar-refractivity contribution in [3.05, 3.63) is 57.9 Å². The lowest BCUT2D eigenvalue weighted by Gasteiger charge is -2.47. The first-order valence-electron chi connectivity index (χ1n) is 10.8. The summed E-state index contributed by atoms with van der Waals surface area (Å²) in [5.74, 6) is 1.34. The molecule has 2 aliphatic rings. The van der Waals surface area contributed by atoms with Gasteiger partial charge in [-0.05, 0) is 37.8 Å². The van der Waals surface area contributed by atoms with E-state index in [0.717, 1.165) is 36.4 Å². The quantitative estimate of drug-likeness (QED) is 0.671. The van der Waals surface area contributed by atoms with Gasteiger partial charge < -0.3 is 14.0 Å². The molecule has 7 nitrogen and oxygen atoms in total. The molecule has 0 spiro atoms. The summed E-state index contributed by atoms with van der Waals surface area (Å²) in [7, 11) is 1.92. The maximum atomic E-state index is 13.6. The van der Waals surface area contributed by atoms with Crippen LogP contribution < -0.4 is 5.56 Å². The van der Waals surface area contributed by atoms with Gasteiger partial charge in [-0.1, -0.05) is 19.4 Å². The van der Waals surface area contributed by atoms with Gasteiger partial charge >= 0.3 is 0 Å². The minimum atomic E-state index is 0.0113. The van der Waals surface area contributed by atoms with E-state index in [1.54, 1.807) is 18.3 Å². The van der Waals surface area contributed by atoms with Crippen molar-refractivity contribution in [1.29, 1.82) is 0 Å². The molecule has 7 heteroatoms. The zero-order valence-electron chi connectivity index (χ0n) is 17.7. The smallest absolute Gasteiger partial charge is 0.256 e. The summed E-state index contributed by atoms with van der Waals surface area (Å²) in [6.07, 6.45) is 4.69. The molecule has 1 fully saturated rings. The van der Waals surface area contributed by atoms with Crippen molar-refractivity contribution >= 4 is 17.1 Å². The van der Waals surface area contributed by atoms with Crippen LogP contribution in [0.1, 0.15) is 60.0 Å². The lowest BCUT2D eigenvalue weighted by atomic mass is 9.77. The Balaban J connectivity index is 1.54. The van der Waals surface area contributed by atoms with E-state index < -0.39 is 0 Å². The van der Waals surface area contributed by atoms with Crippen LogP contribution in [-0.4, -0.2) is 43.0 Å². The number of aromatic nitrogens is 4. The minimum absolute atomic E-state index is 0.0113. The molecule has 5 rings (SSSR count).